The first-order valence-electron chi connectivity index (χ1n) is 5.77. The summed E-state index contributed by atoms with van der Waals surface area (Å²) in [6.07, 6.45) is 5.60. The predicted octanol–water partition coefficient (Wildman–Crippen LogP) is 1.96. The van der Waals surface area contributed by atoms with Crippen LogP contribution in [0.25, 0.3) is 0 Å². The molecule has 3 N–H and O–H groups in total. The molecule has 1 rings (SSSR count). The van der Waals surface area contributed by atoms with E-state index in [-0.39, 0.29) is 5.41 Å². The van der Waals surface area contributed by atoms with Gasteiger partial charge in [0, 0.05) is 18.9 Å². The molecule has 1 aromatic heterocycles. The SMILES string of the molecule is Cc1nccnc1NCC(C)(C)CCCN. The third-order valence-electron chi connectivity index (χ3n) is 2.67. The van der Waals surface area contributed by atoms with E-state index in [1.54, 1.807) is 12.4 Å². The molecule has 0 aliphatic heterocycles. The van der Waals surface area contributed by atoms with Crippen molar-refractivity contribution >= 4 is 5.82 Å². The van der Waals surface area contributed by atoms with E-state index in [9.17, 15) is 0 Å². The highest BCUT2D eigenvalue weighted by Crippen LogP contribution is 2.22. The molecule has 0 amide bonds. The smallest absolute Gasteiger partial charge is 0.147 e. The van der Waals surface area contributed by atoms with E-state index in [4.69, 9.17) is 5.73 Å². The Kier molecular flexibility index (Phi) is 4.68. The lowest BCUT2D eigenvalue weighted by molar-refractivity contribution is 0.350. The summed E-state index contributed by atoms with van der Waals surface area (Å²) in [6, 6.07) is 0. The molecular formula is C12H22N4. The largest absolute Gasteiger partial charge is 0.368 e. The third-order valence-corrected chi connectivity index (χ3v) is 2.67. The summed E-state index contributed by atoms with van der Waals surface area (Å²) >= 11 is 0. The topological polar surface area (TPSA) is 63.8 Å². The highest BCUT2D eigenvalue weighted by molar-refractivity contribution is 5.38. The van der Waals surface area contributed by atoms with Gasteiger partial charge >= 0.3 is 0 Å². The zero-order valence-corrected chi connectivity index (χ0v) is 10.5. The first-order valence-corrected chi connectivity index (χ1v) is 5.77. The Morgan fingerprint density at radius 1 is 1.31 bits per heavy atom. The zero-order valence-electron chi connectivity index (χ0n) is 10.5. The van der Waals surface area contributed by atoms with E-state index in [2.05, 4.69) is 29.1 Å². The Hall–Kier alpha value is -1.16. The molecule has 0 radical (unpaired) electrons. The van der Waals surface area contributed by atoms with E-state index >= 15 is 0 Å². The van der Waals surface area contributed by atoms with Crippen LogP contribution in [0, 0.1) is 12.3 Å². The second kappa shape index (κ2) is 5.80. The lowest BCUT2D eigenvalue weighted by Crippen LogP contribution is -2.24. The molecule has 1 heterocycles. The number of rotatable bonds is 6. The van der Waals surface area contributed by atoms with Crippen molar-refractivity contribution in [2.75, 3.05) is 18.4 Å². The Morgan fingerprint density at radius 2 is 2.00 bits per heavy atom. The summed E-state index contributed by atoms with van der Waals surface area (Å²) < 4.78 is 0. The van der Waals surface area contributed by atoms with E-state index in [1.807, 2.05) is 6.92 Å². The molecule has 0 bridgehead atoms. The summed E-state index contributed by atoms with van der Waals surface area (Å²) in [4.78, 5) is 8.46. The zero-order chi connectivity index (χ0) is 12.0. The molecule has 90 valence electrons. The van der Waals surface area contributed by atoms with Gasteiger partial charge in [0.2, 0.25) is 0 Å². The monoisotopic (exact) mass is 222 g/mol. The molecule has 16 heavy (non-hydrogen) atoms. The van der Waals surface area contributed by atoms with Crippen molar-refractivity contribution in [2.45, 2.75) is 33.6 Å². The van der Waals surface area contributed by atoms with E-state index in [0.29, 0.717) is 0 Å². The van der Waals surface area contributed by atoms with Crippen molar-refractivity contribution in [1.82, 2.24) is 9.97 Å². The standard InChI is InChI=1S/C12H22N4/c1-10-11(15-8-7-14-10)16-9-12(2,3)5-4-6-13/h7-8H,4-6,9,13H2,1-3H3,(H,15,16). The maximum absolute atomic E-state index is 5.52. The molecule has 0 aromatic carbocycles. The first-order chi connectivity index (χ1) is 7.55. The molecule has 0 fully saturated rings. The van der Waals surface area contributed by atoms with Gasteiger partial charge < -0.3 is 11.1 Å². The molecule has 0 unspecified atom stereocenters. The fourth-order valence-corrected chi connectivity index (χ4v) is 1.57. The first kappa shape index (κ1) is 12.9. The predicted molar refractivity (Wildman–Crippen MR) is 67.3 cm³/mol. The Balaban J connectivity index is 2.47. The molecule has 1 aromatic rings. The van der Waals surface area contributed by atoms with Crippen LogP contribution in [0.15, 0.2) is 12.4 Å². The van der Waals surface area contributed by atoms with Gasteiger partial charge in [0.1, 0.15) is 5.82 Å². The van der Waals surface area contributed by atoms with Gasteiger partial charge in [-0.2, -0.15) is 0 Å². The number of nitrogens with one attached hydrogen (secondary N) is 1. The summed E-state index contributed by atoms with van der Waals surface area (Å²) in [5, 5.41) is 3.35. The molecule has 0 aliphatic rings. The second-order valence-corrected chi connectivity index (χ2v) is 4.90. The van der Waals surface area contributed by atoms with Crippen molar-refractivity contribution in [3.63, 3.8) is 0 Å². The molecule has 0 aliphatic carbocycles. The second-order valence-electron chi connectivity index (χ2n) is 4.90. The average Bonchev–Trinajstić information content (AvgIpc) is 2.26. The molecule has 4 heteroatoms. The highest BCUT2D eigenvalue weighted by Gasteiger charge is 2.17. The lowest BCUT2D eigenvalue weighted by Gasteiger charge is -2.25. The van der Waals surface area contributed by atoms with Gasteiger partial charge in [0.25, 0.3) is 0 Å². The minimum Gasteiger partial charge on any atom is -0.368 e. The number of nitrogens with two attached hydrogens (primary N) is 1. The molecule has 0 spiro atoms. The van der Waals surface area contributed by atoms with Crippen LogP contribution in [-0.2, 0) is 0 Å². The van der Waals surface area contributed by atoms with Gasteiger partial charge in [0.05, 0.1) is 5.69 Å². The number of anilines is 1. The fourth-order valence-electron chi connectivity index (χ4n) is 1.57. The number of hydrogen-bond acceptors (Lipinski definition) is 4. The molecular weight excluding hydrogens is 200 g/mol. The number of aromatic nitrogens is 2. The van der Waals surface area contributed by atoms with Gasteiger partial charge in [-0.15, -0.1) is 0 Å². The summed E-state index contributed by atoms with van der Waals surface area (Å²) in [5.41, 5.74) is 6.71. The van der Waals surface area contributed by atoms with Gasteiger partial charge in [-0.1, -0.05) is 13.8 Å². The lowest BCUT2D eigenvalue weighted by atomic mass is 9.88. The van der Waals surface area contributed by atoms with Crippen LogP contribution in [0.4, 0.5) is 5.82 Å². The van der Waals surface area contributed by atoms with Gasteiger partial charge in [-0.3, -0.25) is 4.98 Å². The average molecular weight is 222 g/mol. The number of hydrogen-bond donors (Lipinski definition) is 2. The summed E-state index contributed by atoms with van der Waals surface area (Å²) in [6.45, 7) is 8.09. The molecule has 0 saturated heterocycles. The van der Waals surface area contributed by atoms with Crippen LogP contribution in [0.3, 0.4) is 0 Å². The van der Waals surface area contributed by atoms with Gasteiger partial charge in [0.15, 0.2) is 0 Å². The summed E-state index contributed by atoms with van der Waals surface area (Å²) in [5.74, 6) is 0.878. The quantitative estimate of drug-likeness (QED) is 0.772. The van der Waals surface area contributed by atoms with Crippen LogP contribution in [0.5, 0.6) is 0 Å². The minimum atomic E-state index is 0.239. The molecule has 4 nitrogen and oxygen atoms in total. The fraction of sp³-hybridized carbons (Fsp3) is 0.667. The Labute approximate surface area is 97.7 Å². The Bertz CT molecular complexity index is 323. The van der Waals surface area contributed by atoms with Crippen molar-refractivity contribution in [2.24, 2.45) is 11.1 Å². The van der Waals surface area contributed by atoms with Crippen molar-refractivity contribution in [3.8, 4) is 0 Å². The van der Waals surface area contributed by atoms with E-state index in [0.717, 1.165) is 37.4 Å². The van der Waals surface area contributed by atoms with Gasteiger partial charge in [-0.25, -0.2) is 4.98 Å². The minimum absolute atomic E-state index is 0.239. The maximum atomic E-state index is 5.52. The Morgan fingerprint density at radius 3 is 2.62 bits per heavy atom. The van der Waals surface area contributed by atoms with Crippen molar-refractivity contribution < 1.29 is 0 Å². The summed E-state index contributed by atoms with van der Waals surface area (Å²) in [7, 11) is 0. The maximum Gasteiger partial charge on any atom is 0.147 e. The van der Waals surface area contributed by atoms with Crippen LogP contribution < -0.4 is 11.1 Å². The normalized spacial score (nSPS) is 11.5. The van der Waals surface area contributed by atoms with Crippen LogP contribution in [-0.4, -0.2) is 23.1 Å². The molecule has 0 saturated carbocycles. The van der Waals surface area contributed by atoms with Crippen LogP contribution in [0.1, 0.15) is 32.4 Å². The number of nitrogens with zero attached hydrogens (tertiary/aromatic N) is 2. The van der Waals surface area contributed by atoms with E-state index in [1.165, 1.54) is 0 Å². The van der Waals surface area contributed by atoms with Crippen LogP contribution >= 0.6 is 0 Å². The highest BCUT2D eigenvalue weighted by atomic mass is 15.0. The third kappa shape index (κ3) is 4.14. The van der Waals surface area contributed by atoms with Crippen LogP contribution in [0.2, 0.25) is 0 Å². The molecule has 0 atom stereocenters. The van der Waals surface area contributed by atoms with E-state index < -0.39 is 0 Å². The van der Waals surface area contributed by atoms with Crippen molar-refractivity contribution in [3.05, 3.63) is 18.1 Å². The number of aryl methyl sites for hydroxylation is 1. The van der Waals surface area contributed by atoms with Crippen molar-refractivity contribution in [1.29, 1.82) is 0 Å². The van der Waals surface area contributed by atoms with Gasteiger partial charge in [-0.05, 0) is 31.7 Å².